The van der Waals surface area contributed by atoms with E-state index >= 15 is 0 Å². The van der Waals surface area contributed by atoms with E-state index in [4.69, 9.17) is 5.26 Å². The normalized spacial score (nSPS) is 18.3. The third-order valence-electron chi connectivity index (χ3n) is 2.96. The van der Waals surface area contributed by atoms with Crippen molar-refractivity contribution >= 4 is 11.9 Å². The largest absolute Gasteiger partial charge is 0.326 e. The molecule has 0 aliphatic carbocycles. The van der Waals surface area contributed by atoms with E-state index in [9.17, 15) is 9.59 Å². The van der Waals surface area contributed by atoms with Crippen molar-refractivity contribution in [3.8, 4) is 6.07 Å². The summed E-state index contributed by atoms with van der Waals surface area (Å²) in [4.78, 5) is 28.8. The van der Waals surface area contributed by atoms with Crippen LogP contribution in [0.5, 0.6) is 0 Å². The molecule has 1 aromatic rings. The van der Waals surface area contributed by atoms with Crippen LogP contribution in [0.2, 0.25) is 0 Å². The van der Waals surface area contributed by atoms with Gasteiger partial charge < -0.3 is 5.32 Å². The van der Waals surface area contributed by atoms with Crippen LogP contribution in [0.25, 0.3) is 0 Å². The number of rotatable bonds is 4. The number of urea groups is 1. The van der Waals surface area contributed by atoms with Crippen LogP contribution in [-0.4, -0.2) is 27.9 Å². The third kappa shape index (κ3) is 2.71. The summed E-state index contributed by atoms with van der Waals surface area (Å²) in [6, 6.07) is 4.40. The zero-order chi connectivity index (χ0) is 13.8. The third-order valence-corrected chi connectivity index (χ3v) is 2.96. The molecule has 3 amide bonds. The SMILES string of the molecule is CCCC1NC(=O)N(Cc2ccnc(C#N)c2)C1=O. The van der Waals surface area contributed by atoms with Gasteiger partial charge in [0.15, 0.2) is 0 Å². The minimum atomic E-state index is -0.422. The van der Waals surface area contributed by atoms with Crippen LogP contribution in [0.1, 0.15) is 31.0 Å². The van der Waals surface area contributed by atoms with Crippen LogP contribution in [-0.2, 0) is 11.3 Å². The molecule has 1 fully saturated rings. The average molecular weight is 258 g/mol. The number of nitriles is 1. The van der Waals surface area contributed by atoms with Crippen molar-refractivity contribution in [2.24, 2.45) is 0 Å². The Balaban J connectivity index is 2.12. The zero-order valence-electron chi connectivity index (χ0n) is 10.6. The summed E-state index contributed by atoms with van der Waals surface area (Å²) in [5.74, 6) is -0.206. The highest BCUT2D eigenvalue weighted by Gasteiger charge is 2.37. The number of nitrogens with zero attached hydrogens (tertiary/aromatic N) is 3. The molecule has 0 aromatic carbocycles. The van der Waals surface area contributed by atoms with Gasteiger partial charge in [0.1, 0.15) is 17.8 Å². The van der Waals surface area contributed by atoms with Gasteiger partial charge in [-0.1, -0.05) is 13.3 Å². The number of hydrogen-bond acceptors (Lipinski definition) is 4. The summed E-state index contributed by atoms with van der Waals surface area (Å²) in [5.41, 5.74) is 0.988. The van der Waals surface area contributed by atoms with Crippen LogP contribution in [0.15, 0.2) is 18.3 Å². The lowest BCUT2D eigenvalue weighted by atomic mass is 10.1. The molecule has 0 spiro atoms. The summed E-state index contributed by atoms with van der Waals surface area (Å²) in [6.07, 6.45) is 2.97. The average Bonchev–Trinajstić information content (AvgIpc) is 2.67. The number of amides is 3. The fraction of sp³-hybridized carbons (Fsp3) is 0.385. The molecule has 1 saturated heterocycles. The van der Waals surface area contributed by atoms with E-state index in [1.165, 1.54) is 11.1 Å². The van der Waals surface area contributed by atoms with E-state index in [-0.39, 0.29) is 24.2 Å². The van der Waals surface area contributed by atoms with Gasteiger partial charge in [-0.05, 0) is 24.1 Å². The molecule has 0 radical (unpaired) electrons. The van der Waals surface area contributed by atoms with E-state index in [0.717, 1.165) is 6.42 Å². The molecule has 98 valence electrons. The lowest BCUT2D eigenvalue weighted by molar-refractivity contribution is -0.128. The number of imide groups is 1. The van der Waals surface area contributed by atoms with Crippen molar-refractivity contribution in [1.29, 1.82) is 5.26 Å². The van der Waals surface area contributed by atoms with Crippen molar-refractivity contribution in [3.63, 3.8) is 0 Å². The lowest BCUT2D eigenvalue weighted by Crippen LogP contribution is -2.31. The Kier molecular flexibility index (Phi) is 3.76. The molecule has 2 heterocycles. The van der Waals surface area contributed by atoms with Crippen molar-refractivity contribution in [2.75, 3.05) is 0 Å². The Morgan fingerprint density at radius 1 is 1.53 bits per heavy atom. The Hall–Kier alpha value is -2.42. The zero-order valence-corrected chi connectivity index (χ0v) is 10.6. The van der Waals surface area contributed by atoms with Gasteiger partial charge in [-0.25, -0.2) is 9.78 Å². The van der Waals surface area contributed by atoms with Crippen LogP contribution >= 0.6 is 0 Å². The number of carbonyl (C=O) groups excluding carboxylic acids is 2. The predicted molar refractivity (Wildman–Crippen MR) is 66.7 cm³/mol. The van der Waals surface area contributed by atoms with Gasteiger partial charge in [0.25, 0.3) is 5.91 Å². The molecule has 6 nitrogen and oxygen atoms in total. The summed E-state index contributed by atoms with van der Waals surface area (Å²) in [5, 5.41) is 11.4. The van der Waals surface area contributed by atoms with Gasteiger partial charge in [-0.2, -0.15) is 5.26 Å². The number of aromatic nitrogens is 1. The standard InChI is InChI=1S/C13H14N4O2/c1-2-3-11-12(18)17(13(19)16-11)8-9-4-5-15-10(6-9)7-14/h4-6,11H,2-3,8H2,1H3,(H,16,19). The summed E-state index contributed by atoms with van der Waals surface area (Å²) >= 11 is 0. The maximum Gasteiger partial charge on any atom is 0.325 e. The smallest absolute Gasteiger partial charge is 0.325 e. The Morgan fingerprint density at radius 3 is 3.00 bits per heavy atom. The van der Waals surface area contributed by atoms with Gasteiger partial charge in [-0.3, -0.25) is 9.69 Å². The van der Waals surface area contributed by atoms with Gasteiger partial charge >= 0.3 is 6.03 Å². The quantitative estimate of drug-likeness (QED) is 0.821. The van der Waals surface area contributed by atoms with Gasteiger partial charge in [0, 0.05) is 6.20 Å². The van der Waals surface area contributed by atoms with Crippen LogP contribution < -0.4 is 5.32 Å². The monoisotopic (exact) mass is 258 g/mol. The first-order valence-corrected chi connectivity index (χ1v) is 6.12. The Labute approximate surface area is 111 Å². The van der Waals surface area contributed by atoms with E-state index in [0.29, 0.717) is 12.0 Å². The lowest BCUT2D eigenvalue weighted by Gasteiger charge is -2.12. The highest BCUT2D eigenvalue weighted by molar-refractivity contribution is 6.04. The first-order chi connectivity index (χ1) is 9.15. The molecule has 0 bridgehead atoms. The van der Waals surface area contributed by atoms with Crippen molar-refractivity contribution in [1.82, 2.24) is 15.2 Å². The number of carbonyl (C=O) groups is 2. The van der Waals surface area contributed by atoms with Gasteiger partial charge in [-0.15, -0.1) is 0 Å². The molecule has 1 aliphatic rings. The van der Waals surface area contributed by atoms with Gasteiger partial charge in [0.05, 0.1) is 6.54 Å². The van der Waals surface area contributed by atoms with Crippen molar-refractivity contribution < 1.29 is 9.59 Å². The summed E-state index contributed by atoms with van der Waals surface area (Å²) in [7, 11) is 0. The molecular formula is C13H14N4O2. The number of nitrogens with one attached hydrogen (secondary N) is 1. The second-order valence-corrected chi connectivity index (χ2v) is 4.38. The van der Waals surface area contributed by atoms with E-state index in [1.807, 2.05) is 13.0 Å². The molecule has 1 aromatic heterocycles. The Morgan fingerprint density at radius 2 is 2.32 bits per heavy atom. The maximum absolute atomic E-state index is 12.0. The van der Waals surface area contributed by atoms with E-state index in [2.05, 4.69) is 10.3 Å². The molecule has 6 heteroatoms. The van der Waals surface area contributed by atoms with Gasteiger partial charge in [0.2, 0.25) is 0 Å². The Bertz CT molecular complexity index is 550. The molecule has 0 saturated carbocycles. The summed E-state index contributed by atoms with van der Waals surface area (Å²) in [6.45, 7) is 2.13. The highest BCUT2D eigenvalue weighted by atomic mass is 16.2. The fourth-order valence-electron chi connectivity index (χ4n) is 2.03. The van der Waals surface area contributed by atoms with Crippen LogP contribution in [0.3, 0.4) is 0 Å². The minimum absolute atomic E-state index is 0.169. The topological polar surface area (TPSA) is 86.1 Å². The molecule has 1 unspecified atom stereocenters. The highest BCUT2D eigenvalue weighted by Crippen LogP contribution is 2.15. The first-order valence-electron chi connectivity index (χ1n) is 6.12. The molecule has 1 atom stereocenters. The number of hydrogen-bond donors (Lipinski definition) is 1. The predicted octanol–water partition coefficient (Wildman–Crippen LogP) is 1.17. The molecule has 1 N–H and O–H groups in total. The van der Waals surface area contributed by atoms with Crippen molar-refractivity contribution in [3.05, 3.63) is 29.6 Å². The van der Waals surface area contributed by atoms with E-state index in [1.54, 1.807) is 12.1 Å². The second kappa shape index (κ2) is 5.48. The fourth-order valence-corrected chi connectivity index (χ4v) is 2.03. The molecule has 2 rings (SSSR count). The van der Waals surface area contributed by atoms with E-state index < -0.39 is 6.04 Å². The van der Waals surface area contributed by atoms with Crippen LogP contribution in [0.4, 0.5) is 4.79 Å². The summed E-state index contributed by atoms with van der Waals surface area (Å²) < 4.78 is 0. The molecule has 19 heavy (non-hydrogen) atoms. The molecule has 1 aliphatic heterocycles. The van der Waals surface area contributed by atoms with Crippen molar-refractivity contribution in [2.45, 2.75) is 32.4 Å². The minimum Gasteiger partial charge on any atom is -0.326 e. The first kappa shape index (κ1) is 13.0. The second-order valence-electron chi connectivity index (χ2n) is 4.38. The van der Waals surface area contributed by atoms with Crippen LogP contribution in [0, 0.1) is 11.3 Å². The molecular weight excluding hydrogens is 244 g/mol. The number of pyridine rings is 1. The maximum atomic E-state index is 12.0.